The van der Waals surface area contributed by atoms with E-state index >= 15 is 0 Å². The molecule has 8 heteroatoms. The van der Waals surface area contributed by atoms with Crippen LogP contribution in [0.15, 0.2) is 77.7 Å². The molecule has 3 aromatic rings. The zero-order chi connectivity index (χ0) is 23.1. The summed E-state index contributed by atoms with van der Waals surface area (Å²) in [6.45, 7) is 0. The summed E-state index contributed by atoms with van der Waals surface area (Å²) >= 11 is 6.47. The summed E-state index contributed by atoms with van der Waals surface area (Å²) in [6.07, 6.45) is -6.54. The third-order valence-corrected chi connectivity index (χ3v) is 7.50. The zero-order valence-corrected chi connectivity index (χ0v) is 18.3. The SMILES string of the molecule is COc1ccc(C(=O)[C@@H]2[C@@H](O)c3ccccc3S[C@@]2(c2ccc(Cl)cc2)C(F)(F)F)cc1. The van der Waals surface area contributed by atoms with Gasteiger partial charge in [-0.25, -0.2) is 0 Å². The van der Waals surface area contributed by atoms with E-state index in [9.17, 15) is 23.1 Å². The van der Waals surface area contributed by atoms with Crippen LogP contribution >= 0.6 is 23.4 Å². The van der Waals surface area contributed by atoms with Crippen molar-refractivity contribution in [1.29, 1.82) is 0 Å². The van der Waals surface area contributed by atoms with Gasteiger partial charge in [-0.05, 0) is 53.6 Å². The van der Waals surface area contributed by atoms with Crippen LogP contribution in [0.2, 0.25) is 5.02 Å². The number of thioether (sulfide) groups is 1. The van der Waals surface area contributed by atoms with Crippen molar-refractivity contribution in [1.82, 2.24) is 0 Å². The molecule has 1 heterocycles. The number of Topliss-reactive ketones (excluding diaryl/α,β-unsaturated/α-hetero) is 1. The van der Waals surface area contributed by atoms with Crippen LogP contribution in [0, 0.1) is 5.92 Å². The molecule has 32 heavy (non-hydrogen) atoms. The third kappa shape index (κ3) is 3.68. The maximum Gasteiger partial charge on any atom is 0.408 e. The van der Waals surface area contributed by atoms with Crippen molar-refractivity contribution in [3.63, 3.8) is 0 Å². The van der Waals surface area contributed by atoms with Gasteiger partial charge in [0, 0.05) is 15.5 Å². The molecule has 0 saturated heterocycles. The highest BCUT2D eigenvalue weighted by Crippen LogP contribution is 2.64. The molecule has 0 aliphatic carbocycles. The fourth-order valence-corrected chi connectivity index (χ4v) is 5.71. The lowest BCUT2D eigenvalue weighted by Gasteiger charge is -2.46. The molecule has 3 atom stereocenters. The van der Waals surface area contributed by atoms with Crippen molar-refractivity contribution in [2.24, 2.45) is 5.92 Å². The number of aliphatic hydroxyl groups is 1. The van der Waals surface area contributed by atoms with Gasteiger partial charge < -0.3 is 9.84 Å². The van der Waals surface area contributed by atoms with Gasteiger partial charge in [0.25, 0.3) is 0 Å². The molecular formula is C24H18ClF3O3S. The number of aliphatic hydroxyl groups excluding tert-OH is 1. The Morgan fingerprint density at radius 3 is 2.25 bits per heavy atom. The smallest absolute Gasteiger partial charge is 0.408 e. The quantitative estimate of drug-likeness (QED) is 0.438. The molecule has 0 fully saturated rings. The van der Waals surface area contributed by atoms with E-state index in [0.29, 0.717) is 23.1 Å². The molecule has 0 aromatic heterocycles. The Labute approximate surface area is 192 Å². The van der Waals surface area contributed by atoms with Gasteiger partial charge in [-0.1, -0.05) is 41.9 Å². The molecule has 3 aromatic carbocycles. The van der Waals surface area contributed by atoms with E-state index in [2.05, 4.69) is 0 Å². The summed E-state index contributed by atoms with van der Waals surface area (Å²) in [5.74, 6) is -2.17. The lowest BCUT2D eigenvalue weighted by molar-refractivity contribution is -0.180. The molecule has 0 spiro atoms. The van der Waals surface area contributed by atoms with Crippen molar-refractivity contribution < 1.29 is 27.8 Å². The molecule has 0 unspecified atom stereocenters. The number of hydrogen-bond donors (Lipinski definition) is 1. The average Bonchev–Trinajstić information content (AvgIpc) is 2.78. The summed E-state index contributed by atoms with van der Waals surface area (Å²) in [5.41, 5.74) is 0.190. The van der Waals surface area contributed by atoms with Crippen LogP contribution in [0.25, 0.3) is 0 Å². The minimum absolute atomic E-state index is 0.0532. The first kappa shape index (κ1) is 22.7. The fourth-order valence-electron chi connectivity index (χ4n) is 4.05. The van der Waals surface area contributed by atoms with Gasteiger partial charge in [-0.15, -0.1) is 11.8 Å². The van der Waals surface area contributed by atoms with E-state index < -0.39 is 28.7 Å². The lowest BCUT2D eigenvalue weighted by Crippen LogP contribution is -2.53. The van der Waals surface area contributed by atoms with Crippen molar-refractivity contribution in [2.75, 3.05) is 7.11 Å². The Kier molecular flexibility index (Phi) is 6.00. The summed E-state index contributed by atoms with van der Waals surface area (Å²) in [5, 5.41) is 11.5. The minimum Gasteiger partial charge on any atom is -0.497 e. The Balaban J connectivity index is 1.97. The first-order chi connectivity index (χ1) is 15.2. The van der Waals surface area contributed by atoms with E-state index in [1.807, 2.05) is 0 Å². The molecule has 0 amide bonds. The number of rotatable bonds is 4. The monoisotopic (exact) mass is 478 g/mol. The minimum atomic E-state index is -4.87. The van der Waals surface area contributed by atoms with Gasteiger partial charge in [0.15, 0.2) is 10.5 Å². The predicted molar refractivity (Wildman–Crippen MR) is 117 cm³/mol. The normalized spacial score (nSPS) is 22.8. The van der Waals surface area contributed by atoms with Crippen LogP contribution in [0.4, 0.5) is 13.2 Å². The van der Waals surface area contributed by atoms with Gasteiger partial charge in [-0.3, -0.25) is 4.79 Å². The molecule has 4 rings (SSSR count). The van der Waals surface area contributed by atoms with E-state index in [4.69, 9.17) is 16.3 Å². The topological polar surface area (TPSA) is 46.5 Å². The number of ether oxygens (including phenoxy) is 1. The molecule has 1 N–H and O–H groups in total. The molecule has 1 aliphatic heterocycles. The van der Waals surface area contributed by atoms with Gasteiger partial charge in [0.2, 0.25) is 0 Å². The van der Waals surface area contributed by atoms with Gasteiger partial charge in [0.05, 0.1) is 19.1 Å². The Morgan fingerprint density at radius 2 is 1.66 bits per heavy atom. The van der Waals surface area contributed by atoms with Crippen LogP contribution in [-0.2, 0) is 4.75 Å². The third-order valence-electron chi connectivity index (χ3n) is 5.61. The number of hydrogen-bond acceptors (Lipinski definition) is 4. The Morgan fingerprint density at radius 1 is 1.03 bits per heavy atom. The number of halogens is 4. The predicted octanol–water partition coefficient (Wildman–Crippen LogP) is 6.44. The second-order valence-electron chi connectivity index (χ2n) is 7.40. The number of carbonyl (C=O) groups is 1. The zero-order valence-electron chi connectivity index (χ0n) is 16.8. The van der Waals surface area contributed by atoms with Crippen molar-refractivity contribution in [3.05, 3.63) is 94.5 Å². The molecular weight excluding hydrogens is 461 g/mol. The second-order valence-corrected chi connectivity index (χ2v) is 9.12. The summed E-state index contributed by atoms with van der Waals surface area (Å²) in [7, 11) is 1.45. The van der Waals surface area contributed by atoms with Gasteiger partial charge in [0.1, 0.15) is 5.75 Å². The highest BCUT2D eigenvalue weighted by molar-refractivity contribution is 8.00. The second kappa shape index (κ2) is 8.46. The first-order valence-electron chi connectivity index (χ1n) is 9.66. The summed E-state index contributed by atoms with van der Waals surface area (Å²) in [6, 6.07) is 17.3. The summed E-state index contributed by atoms with van der Waals surface area (Å²) < 4.78 is 47.2. The molecule has 0 bridgehead atoms. The number of methoxy groups -OCH3 is 1. The van der Waals surface area contributed by atoms with Crippen LogP contribution < -0.4 is 4.74 Å². The maximum absolute atomic E-state index is 15.0. The molecule has 0 saturated carbocycles. The number of benzene rings is 3. The van der Waals surface area contributed by atoms with E-state index in [1.54, 1.807) is 18.2 Å². The van der Waals surface area contributed by atoms with E-state index in [-0.39, 0.29) is 21.0 Å². The number of ketones is 1. The van der Waals surface area contributed by atoms with Crippen LogP contribution in [0.3, 0.4) is 0 Å². The van der Waals surface area contributed by atoms with Gasteiger partial charge in [-0.2, -0.15) is 13.2 Å². The highest BCUT2D eigenvalue weighted by Gasteiger charge is 2.67. The number of carbonyl (C=O) groups excluding carboxylic acids is 1. The van der Waals surface area contributed by atoms with E-state index in [1.165, 1.54) is 61.7 Å². The van der Waals surface area contributed by atoms with Crippen LogP contribution in [0.5, 0.6) is 5.75 Å². The Hall–Kier alpha value is -2.48. The van der Waals surface area contributed by atoms with Crippen molar-refractivity contribution >= 4 is 29.1 Å². The van der Waals surface area contributed by atoms with Crippen LogP contribution in [0.1, 0.15) is 27.6 Å². The number of fused-ring (bicyclic) bond motifs is 1. The van der Waals surface area contributed by atoms with E-state index in [0.717, 1.165) is 0 Å². The highest BCUT2D eigenvalue weighted by atomic mass is 35.5. The largest absolute Gasteiger partial charge is 0.497 e. The molecule has 3 nitrogen and oxygen atoms in total. The Bertz CT molecular complexity index is 1130. The van der Waals surface area contributed by atoms with Crippen molar-refractivity contribution in [3.8, 4) is 5.75 Å². The standard InChI is InChI=1S/C24H18ClF3O3S/c1-31-17-12-6-14(7-13-17)21(29)20-22(30)18-4-2-3-5-19(18)32-23(20,24(26,27)28)15-8-10-16(25)11-9-15/h2-13,20,22,30H,1H3/t20-,22+,23-/m1/s1. The van der Waals surface area contributed by atoms with Crippen LogP contribution in [-0.4, -0.2) is 24.2 Å². The summed E-state index contributed by atoms with van der Waals surface area (Å²) in [4.78, 5) is 13.9. The molecule has 1 aliphatic rings. The molecule has 166 valence electrons. The fraction of sp³-hybridized carbons (Fsp3) is 0.208. The van der Waals surface area contributed by atoms with Gasteiger partial charge >= 0.3 is 6.18 Å². The van der Waals surface area contributed by atoms with Crippen molar-refractivity contribution in [2.45, 2.75) is 21.9 Å². The average molecular weight is 479 g/mol. The maximum atomic E-state index is 15.0. The molecule has 0 radical (unpaired) electrons. The first-order valence-corrected chi connectivity index (χ1v) is 10.9. The number of alkyl halides is 3. The lowest BCUT2D eigenvalue weighted by atomic mass is 9.74.